The fourth-order valence-corrected chi connectivity index (χ4v) is 4.65. The van der Waals surface area contributed by atoms with E-state index in [2.05, 4.69) is 31.9 Å². The Kier molecular flexibility index (Phi) is 4.05. The molecule has 5 heteroatoms. The minimum atomic E-state index is -2.97. The number of halogens is 2. The van der Waals surface area contributed by atoms with Crippen LogP contribution in [0.15, 0.2) is 0 Å². The van der Waals surface area contributed by atoms with E-state index >= 15 is 0 Å². The number of sulfone groups is 1. The van der Waals surface area contributed by atoms with Crippen molar-refractivity contribution in [2.45, 2.75) is 40.4 Å². The fourth-order valence-electron chi connectivity index (χ4n) is 1.54. The van der Waals surface area contributed by atoms with E-state index in [1.54, 1.807) is 0 Å². The molecule has 2 nitrogen and oxygen atoms in total. The van der Waals surface area contributed by atoms with Gasteiger partial charge in [0.05, 0.1) is 5.25 Å². The van der Waals surface area contributed by atoms with Gasteiger partial charge in [-0.05, 0) is 12.8 Å². The van der Waals surface area contributed by atoms with Crippen LogP contribution in [0.2, 0.25) is 0 Å². The van der Waals surface area contributed by atoms with Crippen LogP contribution >= 0.6 is 31.9 Å². The second-order valence-electron chi connectivity index (χ2n) is 3.11. The van der Waals surface area contributed by atoms with Crippen LogP contribution in [0, 0.1) is 0 Å². The van der Waals surface area contributed by atoms with E-state index in [1.807, 2.05) is 0 Å². The van der Waals surface area contributed by atoms with E-state index in [4.69, 9.17) is 0 Å². The van der Waals surface area contributed by atoms with Gasteiger partial charge < -0.3 is 0 Å². The van der Waals surface area contributed by atoms with Crippen LogP contribution in [-0.4, -0.2) is 16.7 Å². The zero-order valence-electron chi connectivity index (χ0n) is 6.67. The lowest BCUT2D eigenvalue weighted by atomic mass is 10.0. The van der Waals surface area contributed by atoms with Gasteiger partial charge in [-0.2, -0.15) is 0 Å². The predicted octanol–water partition coefficient (Wildman–Crippen LogP) is 2.81. The van der Waals surface area contributed by atoms with Crippen molar-refractivity contribution in [2.24, 2.45) is 0 Å². The summed E-state index contributed by atoms with van der Waals surface area (Å²) in [5, 5.41) is -0.130. The molecule has 0 saturated heterocycles. The summed E-state index contributed by atoms with van der Waals surface area (Å²) in [6, 6.07) is 0. The van der Waals surface area contributed by atoms with Crippen LogP contribution in [0.3, 0.4) is 0 Å². The second-order valence-corrected chi connectivity index (χ2v) is 9.70. The maximum Gasteiger partial charge on any atom is 0.175 e. The molecule has 0 bridgehead atoms. The second kappa shape index (κ2) is 4.42. The number of hydrogen-bond donors (Lipinski definition) is 0. The smallest absolute Gasteiger partial charge is 0.175 e. The summed E-state index contributed by atoms with van der Waals surface area (Å²) in [5.74, 6) is 0. The summed E-state index contributed by atoms with van der Waals surface area (Å²) in [4.78, 5) is 0. The monoisotopic (exact) mass is 318 g/mol. The molecule has 0 heterocycles. The lowest BCUT2D eigenvalue weighted by Crippen LogP contribution is -2.27. The van der Waals surface area contributed by atoms with Crippen LogP contribution in [-0.2, 0) is 9.84 Å². The van der Waals surface area contributed by atoms with Crippen molar-refractivity contribution in [3.8, 4) is 0 Å². The fraction of sp³-hybridized carbons (Fsp3) is 1.00. The Balaban J connectivity index is 2.67. The summed E-state index contributed by atoms with van der Waals surface area (Å²) in [7, 11) is -2.97. The van der Waals surface area contributed by atoms with Crippen molar-refractivity contribution in [2.75, 3.05) is 0 Å². The Morgan fingerprint density at radius 2 is 1.58 bits per heavy atom. The lowest BCUT2D eigenvalue weighted by Gasteiger charge is -2.22. The van der Waals surface area contributed by atoms with Gasteiger partial charge in [-0.1, -0.05) is 51.1 Å². The third-order valence-electron chi connectivity index (χ3n) is 2.27. The summed E-state index contributed by atoms with van der Waals surface area (Å²) < 4.78 is 22.6. The molecule has 0 radical (unpaired) electrons. The highest BCUT2D eigenvalue weighted by atomic mass is 79.9. The highest BCUT2D eigenvalue weighted by Gasteiger charge is 2.31. The van der Waals surface area contributed by atoms with Crippen molar-refractivity contribution in [1.29, 1.82) is 0 Å². The van der Waals surface area contributed by atoms with Crippen molar-refractivity contribution in [1.82, 2.24) is 0 Å². The minimum Gasteiger partial charge on any atom is -0.226 e. The lowest BCUT2D eigenvalue weighted by molar-refractivity contribution is 0.485. The van der Waals surface area contributed by atoms with Gasteiger partial charge in [0.2, 0.25) is 0 Å². The van der Waals surface area contributed by atoms with Gasteiger partial charge in [-0.3, -0.25) is 0 Å². The van der Waals surface area contributed by atoms with Gasteiger partial charge in [-0.25, -0.2) is 8.42 Å². The maximum absolute atomic E-state index is 11.6. The third kappa shape index (κ3) is 2.45. The quantitative estimate of drug-likeness (QED) is 0.733. The Morgan fingerprint density at radius 1 is 1.08 bits per heavy atom. The van der Waals surface area contributed by atoms with Gasteiger partial charge >= 0.3 is 0 Å². The molecule has 0 unspecified atom stereocenters. The molecule has 0 aliphatic heterocycles. The predicted molar refractivity (Wildman–Crippen MR) is 57.4 cm³/mol. The zero-order valence-corrected chi connectivity index (χ0v) is 10.7. The van der Waals surface area contributed by atoms with Crippen LogP contribution < -0.4 is 0 Å². The number of alkyl halides is 2. The highest BCUT2D eigenvalue weighted by molar-refractivity contribution is 9.27. The van der Waals surface area contributed by atoms with E-state index in [9.17, 15) is 8.42 Å². The standard InChI is InChI=1S/C7H12Br2O2S/c8-7(9)12(10,11)6-4-2-1-3-5-6/h6-7H,1-5H2. The van der Waals surface area contributed by atoms with E-state index in [0.29, 0.717) is 0 Å². The van der Waals surface area contributed by atoms with Crippen LogP contribution in [0.1, 0.15) is 32.1 Å². The Hall–Kier alpha value is 0.910. The summed E-state index contributed by atoms with van der Waals surface area (Å²) in [6.07, 6.45) is 4.94. The molecule has 1 fully saturated rings. The first-order valence-electron chi connectivity index (χ1n) is 4.06. The average Bonchev–Trinajstić information content (AvgIpc) is 2.06. The molecule has 1 rings (SSSR count). The van der Waals surface area contributed by atoms with Gasteiger partial charge in [0, 0.05) is 0 Å². The van der Waals surface area contributed by atoms with E-state index in [0.717, 1.165) is 25.7 Å². The Labute approximate surface area is 90.3 Å². The van der Waals surface area contributed by atoms with E-state index in [1.165, 1.54) is 6.42 Å². The Bertz CT molecular complexity index is 230. The van der Waals surface area contributed by atoms with Crippen LogP contribution in [0.25, 0.3) is 0 Å². The molecule has 0 aromatic rings. The van der Waals surface area contributed by atoms with Crippen molar-refractivity contribution in [3.63, 3.8) is 0 Å². The number of hydrogen-bond acceptors (Lipinski definition) is 2. The summed E-state index contributed by atoms with van der Waals surface area (Å²) >= 11 is 6.12. The molecular formula is C7H12Br2O2S. The van der Waals surface area contributed by atoms with Crippen molar-refractivity contribution >= 4 is 41.7 Å². The van der Waals surface area contributed by atoms with Crippen LogP contribution in [0.5, 0.6) is 0 Å². The van der Waals surface area contributed by atoms with E-state index in [-0.39, 0.29) is 5.25 Å². The van der Waals surface area contributed by atoms with Crippen LogP contribution in [0.4, 0.5) is 0 Å². The topological polar surface area (TPSA) is 34.1 Å². The normalized spacial score (nSPS) is 21.6. The molecule has 0 amide bonds. The summed E-state index contributed by atoms with van der Waals surface area (Å²) in [5.41, 5.74) is 0. The molecule has 1 aliphatic carbocycles. The maximum atomic E-state index is 11.6. The molecule has 0 N–H and O–H groups in total. The molecule has 0 atom stereocenters. The minimum absolute atomic E-state index is 0.130. The first kappa shape index (κ1) is 11.0. The number of rotatable bonds is 2. The zero-order chi connectivity index (χ0) is 9.19. The third-order valence-corrected chi connectivity index (χ3v) is 7.29. The SMILES string of the molecule is O=S(=O)(C(Br)Br)C1CCCCC1. The van der Waals surface area contributed by atoms with Crippen molar-refractivity contribution < 1.29 is 8.42 Å². The summed E-state index contributed by atoms with van der Waals surface area (Å²) in [6.45, 7) is 0. The van der Waals surface area contributed by atoms with Gasteiger partial charge in [0.15, 0.2) is 12.9 Å². The first-order chi connectivity index (χ1) is 5.55. The molecule has 12 heavy (non-hydrogen) atoms. The molecule has 72 valence electrons. The highest BCUT2D eigenvalue weighted by Crippen LogP contribution is 2.30. The molecule has 1 aliphatic rings. The van der Waals surface area contributed by atoms with Crippen molar-refractivity contribution in [3.05, 3.63) is 0 Å². The van der Waals surface area contributed by atoms with E-state index < -0.39 is 12.9 Å². The first-order valence-corrected chi connectivity index (χ1v) is 7.50. The molecule has 0 aromatic heterocycles. The van der Waals surface area contributed by atoms with Gasteiger partial charge in [0.1, 0.15) is 0 Å². The average molecular weight is 320 g/mol. The van der Waals surface area contributed by atoms with Gasteiger partial charge in [-0.15, -0.1) is 0 Å². The molecule has 0 aromatic carbocycles. The molecular weight excluding hydrogens is 308 g/mol. The van der Waals surface area contributed by atoms with Gasteiger partial charge in [0.25, 0.3) is 0 Å². The molecule has 1 saturated carbocycles. The Morgan fingerprint density at radius 3 is 2.00 bits per heavy atom. The molecule has 0 spiro atoms. The largest absolute Gasteiger partial charge is 0.226 e.